The number of esters is 1. The molecule has 2 aromatic rings. The van der Waals surface area contributed by atoms with Crippen LogP contribution in [0.5, 0.6) is 11.5 Å². The summed E-state index contributed by atoms with van der Waals surface area (Å²) in [6.07, 6.45) is 0.658. The Balaban J connectivity index is 2.10. The Morgan fingerprint density at radius 1 is 1.16 bits per heavy atom. The molecular weight excluding hydrogens is 401 g/mol. The van der Waals surface area contributed by atoms with Crippen molar-refractivity contribution in [2.45, 2.75) is 53.1 Å². The molecular formula is C24H30FNO5. The maximum Gasteiger partial charge on any atom is 0.309 e. The van der Waals surface area contributed by atoms with Gasteiger partial charge in [-0.1, -0.05) is 32.9 Å². The Morgan fingerprint density at radius 2 is 1.84 bits per heavy atom. The molecule has 0 fully saturated rings. The molecule has 168 valence electrons. The van der Waals surface area contributed by atoms with Gasteiger partial charge in [-0.2, -0.15) is 0 Å². The van der Waals surface area contributed by atoms with Gasteiger partial charge >= 0.3 is 5.97 Å². The van der Waals surface area contributed by atoms with Gasteiger partial charge in [0.15, 0.2) is 23.0 Å². The third-order valence-electron chi connectivity index (χ3n) is 5.37. The number of Topliss-reactive ketones (excluding diaryl/α,β-unsaturated/α-hetero) is 1. The molecule has 0 radical (unpaired) electrons. The summed E-state index contributed by atoms with van der Waals surface area (Å²) >= 11 is 0. The van der Waals surface area contributed by atoms with Crippen molar-refractivity contribution >= 4 is 11.8 Å². The molecule has 1 N–H and O–H groups in total. The van der Waals surface area contributed by atoms with Crippen molar-refractivity contribution in [2.24, 2.45) is 11.8 Å². The number of methoxy groups -OCH3 is 1. The van der Waals surface area contributed by atoms with Crippen LogP contribution in [0.1, 0.15) is 61.6 Å². The summed E-state index contributed by atoms with van der Waals surface area (Å²) in [5.74, 6) is -2.41. The number of ether oxygens (including phenoxy) is 2. The van der Waals surface area contributed by atoms with Gasteiger partial charge < -0.3 is 14.6 Å². The number of benzene rings is 1. The molecule has 1 aromatic carbocycles. The van der Waals surface area contributed by atoms with Crippen LogP contribution in [0.4, 0.5) is 4.39 Å². The molecule has 31 heavy (non-hydrogen) atoms. The van der Waals surface area contributed by atoms with E-state index in [-0.39, 0.29) is 41.3 Å². The van der Waals surface area contributed by atoms with Crippen LogP contribution in [0.25, 0.3) is 0 Å². The molecule has 0 bridgehead atoms. The van der Waals surface area contributed by atoms with Gasteiger partial charge in [-0.15, -0.1) is 0 Å². The van der Waals surface area contributed by atoms with E-state index in [4.69, 9.17) is 9.47 Å². The number of rotatable bonds is 9. The van der Waals surface area contributed by atoms with E-state index in [0.29, 0.717) is 5.56 Å². The highest BCUT2D eigenvalue weighted by molar-refractivity contribution is 5.99. The lowest BCUT2D eigenvalue weighted by molar-refractivity contribution is -0.154. The summed E-state index contributed by atoms with van der Waals surface area (Å²) in [7, 11) is 1.37. The van der Waals surface area contributed by atoms with Crippen molar-refractivity contribution in [3.63, 3.8) is 0 Å². The number of aryl methyl sites for hydroxylation is 1. The van der Waals surface area contributed by atoms with Crippen LogP contribution < -0.4 is 4.74 Å². The molecule has 1 heterocycles. The third kappa shape index (κ3) is 5.81. The zero-order valence-electron chi connectivity index (χ0n) is 18.8. The normalized spacial score (nSPS) is 14.1. The first kappa shape index (κ1) is 24.3. The first-order chi connectivity index (χ1) is 14.6. The molecule has 6 nitrogen and oxygen atoms in total. The molecule has 0 saturated carbocycles. The lowest BCUT2D eigenvalue weighted by Crippen LogP contribution is -2.29. The molecule has 7 heteroatoms. The summed E-state index contributed by atoms with van der Waals surface area (Å²) in [6.45, 7) is 9.01. The van der Waals surface area contributed by atoms with E-state index in [9.17, 15) is 19.1 Å². The molecule has 0 unspecified atom stereocenters. The zero-order chi connectivity index (χ0) is 23.3. The fraction of sp³-hybridized carbons (Fsp3) is 0.458. The van der Waals surface area contributed by atoms with E-state index in [1.54, 1.807) is 26.8 Å². The fourth-order valence-corrected chi connectivity index (χ4v) is 3.65. The SMILES string of the molecule is COc1ccnc(C(=O)C[C@@H](C)C(=O)O[C@@H](C)[C@H](c2ccc(C)c(F)c2)C(C)C)c1O. The van der Waals surface area contributed by atoms with Gasteiger partial charge in [-0.25, -0.2) is 9.37 Å². The molecule has 3 atom stereocenters. The monoisotopic (exact) mass is 431 g/mol. The van der Waals surface area contributed by atoms with Crippen molar-refractivity contribution in [3.8, 4) is 11.5 Å². The van der Waals surface area contributed by atoms with Gasteiger partial charge in [0.25, 0.3) is 0 Å². The molecule has 0 aliphatic heterocycles. The summed E-state index contributed by atoms with van der Waals surface area (Å²) in [5, 5.41) is 10.1. The smallest absolute Gasteiger partial charge is 0.309 e. The number of hydrogen-bond acceptors (Lipinski definition) is 6. The van der Waals surface area contributed by atoms with E-state index >= 15 is 0 Å². The first-order valence-electron chi connectivity index (χ1n) is 10.3. The van der Waals surface area contributed by atoms with Crippen molar-refractivity contribution < 1.29 is 28.6 Å². The maximum atomic E-state index is 14.1. The number of carbonyl (C=O) groups is 2. The molecule has 0 spiro atoms. The van der Waals surface area contributed by atoms with E-state index < -0.39 is 23.8 Å². The first-order valence-corrected chi connectivity index (χ1v) is 10.3. The summed E-state index contributed by atoms with van der Waals surface area (Å²) in [4.78, 5) is 29.1. The zero-order valence-corrected chi connectivity index (χ0v) is 18.8. The second-order valence-corrected chi connectivity index (χ2v) is 8.16. The summed E-state index contributed by atoms with van der Waals surface area (Å²) < 4.78 is 24.7. The second kappa shape index (κ2) is 10.4. The predicted octanol–water partition coefficient (Wildman–Crippen LogP) is 4.82. The van der Waals surface area contributed by atoms with Crippen LogP contribution in [0.3, 0.4) is 0 Å². The number of hydrogen-bond donors (Lipinski definition) is 1. The Kier molecular flexibility index (Phi) is 8.14. The summed E-state index contributed by atoms with van der Waals surface area (Å²) in [5.41, 5.74) is 1.16. The van der Waals surface area contributed by atoms with Gasteiger partial charge in [0.05, 0.1) is 13.0 Å². The fourth-order valence-electron chi connectivity index (χ4n) is 3.65. The van der Waals surface area contributed by atoms with Crippen molar-refractivity contribution in [1.29, 1.82) is 0 Å². The number of aromatic nitrogens is 1. The lowest BCUT2D eigenvalue weighted by Gasteiger charge is -2.29. The minimum Gasteiger partial charge on any atom is -0.503 e. The standard InChI is InChI=1S/C24H30FNO5/c1-13(2)21(17-8-7-14(3)18(25)12-17)16(5)31-24(29)15(4)11-19(27)22-23(28)20(30-6)9-10-26-22/h7-10,12-13,15-16,21,28H,11H2,1-6H3/t15-,16+,21-/m1/s1. The van der Waals surface area contributed by atoms with Crippen LogP contribution in [0.2, 0.25) is 0 Å². The Labute approximate surface area is 182 Å². The highest BCUT2D eigenvalue weighted by Gasteiger charge is 2.29. The van der Waals surface area contributed by atoms with Crippen LogP contribution in [0, 0.1) is 24.6 Å². The topological polar surface area (TPSA) is 85.7 Å². The largest absolute Gasteiger partial charge is 0.503 e. The van der Waals surface area contributed by atoms with Crippen molar-refractivity contribution in [3.05, 3.63) is 53.1 Å². The molecule has 2 rings (SSSR count). The molecule has 0 aliphatic carbocycles. The predicted molar refractivity (Wildman–Crippen MR) is 115 cm³/mol. The van der Waals surface area contributed by atoms with Crippen molar-refractivity contribution in [2.75, 3.05) is 7.11 Å². The van der Waals surface area contributed by atoms with Gasteiger partial charge in [-0.05, 0) is 37.0 Å². The third-order valence-corrected chi connectivity index (χ3v) is 5.37. The number of halogens is 1. The van der Waals surface area contributed by atoms with Crippen molar-refractivity contribution in [1.82, 2.24) is 4.98 Å². The van der Waals surface area contributed by atoms with Gasteiger partial charge in [-0.3, -0.25) is 9.59 Å². The number of nitrogens with zero attached hydrogens (tertiary/aromatic N) is 1. The van der Waals surface area contributed by atoms with Crippen LogP contribution in [-0.2, 0) is 9.53 Å². The number of ketones is 1. The number of pyridine rings is 1. The Hall–Kier alpha value is -2.96. The number of aromatic hydroxyl groups is 1. The quantitative estimate of drug-likeness (QED) is 0.452. The van der Waals surface area contributed by atoms with E-state index in [1.807, 2.05) is 19.9 Å². The van der Waals surface area contributed by atoms with Crippen LogP contribution >= 0.6 is 0 Å². The molecule has 0 saturated heterocycles. The maximum absolute atomic E-state index is 14.1. The van der Waals surface area contributed by atoms with Gasteiger partial charge in [0.2, 0.25) is 0 Å². The molecule has 0 amide bonds. The average molecular weight is 432 g/mol. The van der Waals surface area contributed by atoms with Gasteiger partial charge in [0, 0.05) is 24.6 Å². The average Bonchev–Trinajstić information content (AvgIpc) is 2.70. The van der Waals surface area contributed by atoms with Crippen LogP contribution in [0.15, 0.2) is 30.5 Å². The minimum atomic E-state index is -0.745. The van der Waals surface area contributed by atoms with Gasteiger partial charge in [0.1, 0.15) is 11.9 Å². The highest BCUT2D eigenvalue weighted by atomic mass is 19.1. The minimum absolute atomic E-state index is 0.0970. The van der Waals surface area contributed by atoms with E-state index in [2.05, 4.69) is 4.98 Å². The highest BCUT2D eigenvalue weighted by Crippen LogP contribution is 2.32. The number of carbonyl (C=O) groups excluding carboxylic acids is 2. The second-order valence-electron chi connectivity index (χ2n) is 8.16. The molecule has 0 aliphatic rings. The van der Waals surface area contributed by atoms with Crippen LogP contribution in [-0.4, -0.2) is 35.1 Å². The van der Waals surface area contributed by atoms with E-state index in [1.165, 1.54) is 25.4 Å². The summed E-state index contributed by atoms with van der Waals surface area (Å²) in [6, 6.07) is 6.47. The van der Waals surface area contributed by atoms with E-state index in [0.717, 1.165) is 5.56 Å². The Morgan fingerprint density at radius 3 is 2.42 bits per heavy atom. The lowest BCUT2D eigenvalue weighted by atomic mass is 9.84. The Bertz CT molecular complexity index is 944. The molecule has 1 aromatic heterocycles.